The summed E-state index contributed by atoms with van der Waals surface area (Å²) in [7, 11) is 1.61. The van der Waals surface area contributed by atoms with Crippen molar-refractivity contribution in [2.24, 2.45) is 0 Å². The molecule has 0 spiro atoms. The summed E-state index contributed by atoms with van der Waals surface area (Å²) in [6, 6.07) is 14.9. The fourth-order valence-electron chi connectivity index (χ4n) is 3.00. The summed E-state index contributed by atoms with van der Waals surface area (Å²) < 4.78 is 16.9. The highest BCUT2D eigenvalue weighted by molar-refractivity contribution is 7.21. The number of thiophene rings is 1. The number of carbonyl (C=O) groups is 1. The maximum Gasteiger partial charge on any atom is 0.261 e. The Kier molecular flexibility index (Phi) is 8.68. The first-order valence-corrected chi connectivity index (χ1v) is 11.0. The van der Waals surface area contributed by atoms with Crippen LogP contribution >= 0.6 is 22.9 Å². The smallest absolute Gasteiger partial charge is 0.261 e. The second-order valence-corrected chi connectivity index (χ2v) is 8.19. The average Bonchev–Trinajstić information content (AvgIpc) is 3.23. The van der Waals surface area contributed by atoms with Gasteiger partial charge in [-0.05, 0) is 54.1 Å². The van der Waals surface area contributed by atoms with Crippen molar-refractivity contribution in [3.8, 4) is 11.8 Å². The lowest BCUT2D eigenvalue weighted by molar-refractivity contribution is -0.00887. The molecule has 0 saturated heterocycles. The van der Waals surface area contributed by atoms with E-state index < -0.39 is 0 Å². The molecule has 0 aliphatic rings. The standard InChI is InChI=1S/C23H23ClN2O4S/c1-28-10-11-29-15-30-20-8-7-16(14-25)12-17(20)5-3-9-26-23(27)21-13-18-4-2-6-19(24)22(18)31-21/h2,4,6-8,12-13H,3,5,9-11,15H2,1H3,(H,26,27). The van der Waals surface area contributed by atoms with Crippen LogP contribution in [0.2, 0.25) is 5.02 Å². The first-order chi connectivity index (χ1) is 15.1. The first-order valence-electron chi connectivity index (χ1n) is 9.81. The minimum atomic E-state index is -0.119. The lowest BCUT2D eigenvalue weighted by Gasteiger charge is -2.12. The Labute approximate surface area is 190 Å². The molecule has 0 atom stereocenters. The van der Waals surface area contributed by atoms with E-state index in [0.717, 1.165) is 15.6 Å². The lowest BCUT2D eigenvalue weighted by atomic mass is 10.1. The van der Waals surface area contributed by atoms with Gasteiger partial charge >= 0.3 is 0 Å². The molecule has 0 aliphatic carbocycles. The zero-order chi connectivity index (χ0) is 22.1. The van der Waals surface area contributed by atoms with Crippen molar-refractivity contribution >= 4 is 38.9 Å². The number of hydrogen-bond donors (Lipinski definition) is 1. The Morgan fingerprint density at radius 1 is 1.23 bits per heavy atom. The average molecular weight is 459 g/mol. The molecule has 6 nitrogen and oxygen atoms in total. The van der Waals surface area contributed by atoms with Gasteiger partial charge in [0.25, 0.3) is 5.91 Å². The molecule has 1 heterocycles. The van der Waals surface area contributed by atoms with E-state index in [-0.39, 0.29) is 12.7 Å². The zero-order valence-electron chi connectivity index (χ0n) is 17.2. The van der Waals surface area contributed by atoms with Crippen molar-refractivity contribution in [2.45, 2.75) is 12.8 Å². The molecule has 0 unspecified atom stereocenters. The van der Waals surface area contributed by atoms with E-state index in [0.29, 0.717) is 53.8 Å². The number of halogens is 1. The third-order valence-corrected chi connectivity index (χ3v) is 6.16. The van der Waals surface area contributed by atoms with Gasteiger partial charge in [-0.25, -0.2) is 0 Å². The number of amides is 1. The molecule has 1 N–H and O–H groups in total. The molecule has 1 amide bonds. The maximum absolute atomic E-state index is 12.5. The molecule has 0 fully saturated rings. The van der Waals surface area contributed by atoms with Crippen molar-refractivity contribution in [1.29, 1.82) is 5.26 Å². The molecule has 1 aromatic heterocycles. The van der Waals surface area contributed by atoms with Gasteiger partial charge in [-0.1, -0.05) is 23.7 Å². The number of ether oxygens (including phenoxy) is 3. The second kappa shape index (κ2) is 11.7. The van der Waals surface area contributed by atoms with Gasteiger partial charge in [0.1, 0.15) is 5.75 Å². The van der Waals surface area contributed by atoms with E-state index in [4.69, 9.17) is 25.8 Å². The molecule has 8 heteroatoms. The predicted octanol–water partition coefficient (Wildman–Crippen LogP) is 4.79. The molecule has 0 aliphatic heterocycles. The second-order valence-electron chi connectivity index (χ2n) is 6.73. The van der Waals surface area contributed by atoms with Crippen molar-refractivity contribution in [2.75, 3.05) is 33.7 Å². The van der Waals surface area contributed by atoms with Crippen LogP contribution in [0.5, 0.6) is 5.75 Å². The van der Waals surface area contributed by atoms with Gasteiger partial charge in [0.2, 0.25) is 0 Å². The maximum atomic E-state index is 12.5. The number of nitriles is 1. The number of benzene rings is 2. The van der Waals surface area contributed by atoms with Gasteiger partial charge in [-0.15, -0.1) is 11.3 Å². The number of fused-ring (bicyclic) bond motifs is 1. The third-order valence-electron chi connectivity index (χ3n) is 4.55. The fraction of sp³-hybridized carbons (Fsp3) is 0.304. The van der Waals surface area contributed by atoms with E-state index in [1.807, 2.05) is 24.3 Å². The summed E-state index contributed by atoms with van der Waals surface area (Å²) in [5.41, 5.74) is 1.46. The number of hydrogen-bond acceptors (Lipinski definition) is 6. The summed E-state index contributed by atoms with van der Waals surface area (Å²) >= 11 is 7.58. The van der Waals surface area contributed by atoms with E-state index in [9.17, 15) is 10.1 Å². The fourth-order valence-corrected chi connectivity index (χ4v) is 4.28. The Morgan fingerprint density at radius 3 is 2.87 bits per heavy atom. The van der Waals surface area contributed by atoms with Crippen LogP contribution in [0.25, 0.3) is 10.1 Å². The third kappa shape index (κ3) is 6.42. The number of nitrogens with zero attached hydrogens (tertiary/aromatic N) is 1. The number of nitrogens with one attached hydrogen (secondary N) is 1. The normalized spacial score (nSPS) is 10.7. The molecule has 31 heavy (non-hydrogen) atoms. The molecule has 0 bridgehead atoms. The topological polar surface area (TPSA) is 80.6 Å². The largest absolute Gasteiger partial charge is 0.467 e. The molecule has 162 valence electrons. The molecular weight excluding hydrogens is 436 g/mol. The van der Waals surface area contributed by atoms with Crippen LogP contribution in [0.15, 0.2) is 42.5 Å². The van der Waals surface area contributed by atoms with Crippen LogP contribution in [0.4, 0.5) is 0 Å². The first kappa shape index (κ1) is 23.0. The Balaban J connectivity index is 1.53. The van der Waals surface area contributed by atoms with Gasteiger partial charge < -0.3 is 19.5 Å². The Hall–Kier alpha value is -2.63. The Bertz CT molecular complexity index is 1080. The highest BCUT2D eigenvalue weighted by atomic mass is 35.5. The molecule has 0 radical (unpaired) electrons. The van der Waals surface area contributed by atoms with Crippen molar-refractivity contribution in [1.82, 2.24) is 5.32 Å². The lowest BCUT2D eigenvalue weighted by Crippen LogP contribution is -2.23. The molecular formula is C23H23ClN2O4S. The van der Waals surface area contributed by atoms with Crippen LogP contribution < -0.4 is 10.1 Å². The van der Waals surface area contributed by atoms with E-state index in [1.165, 1.54) is 11.3 Å². The van der Waals surface area contributed by atoms with Crippen molar-refractivity contribution < 1.29 is 19.0 Å². The number of carbonyl (C=O) groups excluding carboxylic acids is 1. The van der Waals surface area contributed by atoms with Crippen LogP contribution in [-0.4, -0.2) is 39.6 Å². The molecule has 3 rings (SSSR count). The molecule has 0 saturated carbocycles. The van der Waals surface area contributed by atoms with Crippen molar-refractivity contribution in [3.63, 3.8) is 0 Å². The van der Waals surface area contributed by atoms with E-state index in [2.05, 4.69) is 11.4 Å². The summed E-state index contributed by atoms with van der Waals surface area (Å²) in [4.78, 5) is 13.1. The summed E-state index contributed by atoms with van der Waals surface area (Å²) in [5.74, 6) is 0.549. The summed E-state index contributed by atoms with van der Waals surface area (Å²) in [6.45, 7) is 1.54. The minimum absolute atomic E-state index is 0.105. The van der Waals surface area contributed by atoms with Crippen LogP contribution in [0.3, 0.4) is 0 Å². The van der Waals surface area contributed by atoms with Crippen LogP contribution in [0, 0.1) is 11.3 Å². The molecule has 3 aromatic rings. The van der Waals surface area contributed by atoms with Crippen molar-refractivity contribution in [3.05, 3.63) is 63.5 Å². The number of aryl methyl sites for hydroxylation is 1. The van der Waals surface area contributed by atoms with Crippen LogP contribution in [0.1, 0.15) is 27.2 Å². The number of rotatable bonds is 11. The number of methoxy groups -OCH3 is 1. The van der Waals surface area contributed by atoms with Gasteiger partial charge in [0.15, 0.2) is 6.79 Å². The molecule has 2 aromatic carbocycles. The van der Waals surface area contributed by atoms with Gasteiger partial charge in [0, 0.05) is 13.7 Å². The summed E-state index contributed by atoms with van der Waals surface area (Å²) in [5, 5.41) is 13.7. The van der Waals surface area contributed by atoms with Gasteiger partial charge in [-0.3, -0.25) is 4.79 Å². The highest BCUT2D eigenvalue weighted by Crippen LogP contribution is 2.31. The van der Waals surface area contributed by atoms with E-state index in [1.54, 1.807) is 25.3 Å². The summed E-state index contributed by atoms with van der Waals surface area (Å²) in [6.07, 6.45) is 1.36. The van der Waals surface area contributed by atoms with Gasteiger partial charge in [0.05, 0.1) is 39.4 Å². The zero-order valence-corrected chi connectivity index (χ0v) is 18.7. The monoisotopic (exact) mass is 458 g/mol. The van der Waals surface area contributed by atoms with Gasteiger partial charge in [-0.2, -0.15) is 5.26 Å². The predicted molar refractivity (Wildman–Crippen MR) is 122 cm³/mol. The SMILES string of the molecule is COCCOCOc1ccc(C#N)cc1CCCNC(=O)c1cc2cccc(Cl)c2s1. The minimum Gasteiger partial charge on any atom is -0.467 e. The van der Waals surface area contributed by atoms with E-state index >= 15 is 0 Å². The van der Waals surface area contributed by atoms with Crippen LogP contribution in [-0.2, 0) is 15.9 Å². The highest BCUT2D eigenvalue weighted by Gasteiger charge is 2.12. The quantitative estimate of drug-likeness (QED) is 0.330. The Morgan fingerprint density at radius 2 is 2.10 bits per heavy atom.